The van der Waals surface area contributed by atoms with Crippen molar-refractivity contribution >= 4 is 29.2 Å². The van der Waals surface area contributed by atoms with Crippen LogP contribution in [0.2, 0.25) is 5.02 Å². The van der Waals surface area contributed by atoms with E-state index in [-0.39, 0.29) is 18.4 Å². The number of amides is 3. The van der Waals surface area contributed by atoms with Crippen LogP contribution in [0.1, 0.15) is 26.0 Å². The van der Waals surface area contributed by atoms with E-state index in [1.165, 1.54) is 0 Å². The van der Waals surface area contributed by atoms with Crippen molar-refractivity contribution in [1.29, 1.82) is 0 Å². The van der Waals surface area contributed by atoms with Gasteiger partial charge in [-0.05, 0) is 48.7 Å². The van der Waals surface area contributed by atoms with E-state index in [0.717, 1.165) is 0 Å². The molecular weight excluding hydrogens is 342 g/mol. The van der Waals surface area contributed by atoms with Gasteiger partial charge < -0.3 is 20.4 Å². The molecule has 0 fully saturated rings. The van der Waals surface area contributed by atoms with Crippen LogP contribution in [-0.2, 0) is 11.3 Å². The zero-order valence-corrected chi connectivity index (χ0v) is 15.0. The summed E-state index contributed by atoms with van der Waals surface area (Å²) in [5.41, 5.74) is 0.598. The molecule has 0 bridgehead atoms. The Labute approximate surface area is 151 Å². The van der Waals surface area contributed by atoms with Crippen LogP contribution in [0.25, 0.3) is 0 Å². The van der Waals surface area contributed by atoms with E-state index in [0.29, 0.717) is 22.9 Å². The molecule has 6 nitrogen and oxygen atoms in total. The number of hydrogen-bond acceptors (Lipinski definition) is 3. The lowest BCUT2D eigenvalue weighted by Crippen LogP contribution is -2.48. The lowest BCUT2D eigenvalue weighted by molar-refractivity contribution is -0.123. The Kier molecular flexibility index (Phi) is 6.89. The Morgan fingerprint density at radius 2 is 1.88 bits per heavy atom. The molecule has 2 aromatic rings. The molecule has 1 aromatic heterocycles. The molecule has 0 radical (unpaired) electrons. The van der Waals surface area contributed by atoms with E-state index >= 15 is 0 Å². The molecule has 1 aromatic carbocycles. The zero-order chi connectivity index (χ0) is 18.2. The predicted octanol–water partition coefficient (Wildman–Crippen LogP) is 3.79. The fourth-order valence-electron chi connectivity index (χ4n) is 2.27. The number of urea groups is 1. The number of nitrogens with one attached hydrogen (secondary N) is 3. The number of anilines is 1. The molecule has 0 aliphatic heterocycles. The molecule has 0 saturated carbocycles. The maximum atomic E-state index is 12.4. The van der Waals surface area contributed by atoms with Crippen LogP contribution in [0.5, 0.6) is 0 Å². The van der Waals surface area contributed by atoms with Crippen molar-refractivity contribution in [2.75, 3.05) is 5.32 Å². The third-order valence-electron chi connectivity index (χ3n) is 3.45. The van der Waals surface area contributed by atoms with Gasteiger partial charge in [0, 0.05) is 10.7 Å². The van der Waals surface area contributed by atoms with Crippen molar-refractivity contribution < 1.29 is 14.0 Å². The second kappa shape index (κ2) is 9.13. The highest BCUT2D eigenvalue weighted by Crippen LogP contribution is 2.13. The fourth-order valence-corrected chi connectivity index (χ4v) is 2.40. The summed E-state index contributed by atoms with van der Waals surface area (Å²) in [6.45, 7) is 4.26. The van der Waals surface area contributed by atoms with Gasteiger partial charge in [-0.1, -0.05) is 25.4 Å². The smallest absolute Gasteiger partial charge is 0.319 e. The Morgan fingerprint density at radius 3 is 2.48 bits per heavy atom. The van der Waals surface area contributed by atoms with Crippen LogP contribution in [0.15, 0.2) is 47.1 Å². The van der Waals surface area contributed by atoms with E-state index in [9.17, 15) is 9.59 Å². The summed E-state index contributed by atoms with van der Waals surface area (Å²) in [6.07, 6.45) is 2.07. The second-order valence-corrected chi connectivity index (χ2v) is 6.52. The summed E-state index contributed by atoms with van der Waals surface area (Å²) >= 11 is 5.82. The van der Waals surface area contributed by atoms with Crippen LogP contribution in [0.3, 0.4) is 0 Å². The molecule has 2 rings (SSSR count). The van der Waals surface area contributed by atoms with Gasteiger partial charge in [-0.15, -0.1) is 0 Å². The van der Waals surface area contributed by atoms with Gasteiger partial charge in [-0.2, -0.15) is 0 Å². The first-order valence-corrected chi connectivity index (χ1v) is 8.45. The molecule has 0 spiro atoms. The summed E-state index contributed by atoms with van der Waals surface area (Å²) in [5, 5.41) is 8.76. The van der Waals surface area contributed by atoms with Gasteiger partial charge in [-0.25, -0.2) is 4.79 Å². The third kappa shape index (κ3) is 6.51. The van der Waals surface area contributed by atoms with Crippen LogP contribution in [0.4, 0.5) is 10.5 Å². The summed E-state index contributed by atoms with van der Waals surface area (Å²) in [7, 11) is 0. The monoisotopic (exact) mass is 363 g/mol. The van der Waals surface area contributed by atoms with Gasteiger partial charge in [0.25, 0.3) is 0 Å². The number of hydrogen-bond donors (Lipinski definition) is 3. The Balaban J connectivity index is 1.92. The predicted molar refractivity (Wildman–Crippen MR) is 97.4 cm³/mol. The summed E-state index contributed by atoms with van der Waals surface area (Å²) in [5.74, 6) is 0.647. The van der Waals surface area contributed by atoms with Gasteiger partial charge >= 0.3 is 6.03 Å². The molecule has 25 heavy (non-hydrogen) atoms. The van der Waals surface area contributed by atoms with Gasteiger partial charge in [0.15, 0.2) is 0 Å². The molecule has 1 heterocycles. The lowest BCUT2D eigenvalue weighted by Gasteiger charge is -2.20. The first-order valence-electron chi connectivity index (χ1n) is 8.07. The van der Waals surface area contributed by atoms with E-state index in [1.54, 1.807) is 42.7 Å². The van der Waals surface area contributed by atoms with Crippen LogP contribution >= 0.6 is 11.6 Å². The van der Waals surface area contributed by atoms with Gasteiger partial charge in [0.05, 0.1) is 12.8 Å². The Morgan fingerprint density at radius 1 is 1.16 bits per heavy atom. The first-order chi connectivity index (χ1) is 11.9. The largest absolute Gasteiger partial charge is 0.467 e. The maximum absolute atomic E-state index is 12.4. The third-order valence-corrected chi connectivity index (χ3v) is 3.70. The number of carbonyl (C=O) groups excluding carboxylic acids is 2. The Bertz CT molecular complexity index is 684. The molecule has 0 unspecified atom stereocenters. The van der Waals surface area contributed by atoms with E-state index in [2.05, 4.69) is 16.0 Å². The van der Waals surface area contributed by atoms with Crippen LogP contribution < -0.4 is 16.0 Å². The number of furan rings is 1. The van der Waals surface area contributed by atoms with Crippen molar-refractivity contribution in [1.82, 2.24) is 10.6 Å². The van der Waals surface area contributed by atoms with Crippen molar-refractivity contribution in [3.63, 3.8) is 0 Å². The van der Waals surface area contributed by atoms with Crippen molar-refractivity contribution in [2.24, 2.45) is 5.92 Å². The maximum Gasteiger partial charge on any atom is 0.319 e. The van der Waals surface area contributed by atoms with Crippen LogP contribution in [0, 0.1) is 5.92 Å². The average Bonchev–Trinajstić information content (AvgIpc) is 3.07. The van der Waals surface area contributed by atoms with Crippen LogP contribution in [-0.4, -0.2) is 18.0 Å². The first kappa shape index (κ1) is 18.9. The normalized spacial score (nSPS) is 11.8. The van der Waals surface area contributed by atoms with E-state index in [4.69, 9.17) is 16.0 Å². The molecule has 0 aliphatic carbocycles. The molecule has 0 saturated heterocycles. The average molecular weight is 364 g/mol. The summed E-state index contributed by atoms with van der Waals surface area (Å²) in [4.78, 5) is 24.6. The second-order valence-electron chi connectivity index (χ2n) is 6.08. The van der Waals surface area contributed by atoms with E-state index < -0.39 is 12.1 Å². The Hall–Kier alpha value is -2.47. The standard InChI is InChI=1S/C18H22ClN3O3/c1-12(2)10-16(17(23)20-11-15-4-3-9-25-15)22-18(24)21-14-7-5-13(19)6-8-14/h3-9,12,16H,10-11H2,1-2H3,(H,20,23)(H2,21,22,24)/t16-/m1/s1. The number of benzene rings is 1. The SMILES string of the molecule is CC(C)C[C@@H](NC(=O)Nc1ccc(Cl)cc1)C(=O)NCc1ccco1. The van der Waals surface area contributed by atoms with E-state index in [1.807, 2.05) is 13.8 Å². The van der Waals surface area contributed by atoms with Crippen molar-refractivity contribution in [2.45, 2.75) is 32.9 Å². The van der Waals surface area contributed by atoms with Gasteiger partial charge in [0.1, 0.15) is 11.8 Å². The van der Waals surface area contributed by atoms with Crippen molar-refractivity contribution in [3.05, 3.63) is 53.4 Å². The molecule has 7 heteroatoms. The molecular formula is C18H22ClN3O3. The summed E-state index contributed by atoms with van der Waals surface area (Å²) in [6, 6.07) is 9.19. The number of carbonyl (C=O) groups is 2. The molecule has 134 valence electrons. The lowest BCUT2D eigenvalue weighted by atomic mass is 10.0. The highest BCUT2D eigenvalue weighted by atomic mass is 35.5. The number of halogens is 1. The summed E-state index contributed by atoms with van der Waals surface area (Å²) < 4.78 is 5.19. The highest BCUT2D eigenvalue weighted by Gasteiger charge is 2.22. The highest BCUT2D eigenvalue weighted by molar-refractivity contribution is 6.30. The minimum atomic E-state index is -0.637. The molecule has 3 amide bonds. The number of rotatable bonds is 7. The zero-order valence-electron chi connectivity index (χ0n) is 14.2. The fraction of sp³-hybridized carbons (Fsp3) is 0.333. The molecule has 0 aliphatic rings. The van der Waals surface area contributed by atoms with Crippen molar-refractivity contribution in [3.8, 4) is 0 Å². The molecule has 3 N–H and O–H groups in total. The minimum absolute atomic E-state index is 0.246. The minimum Gasteiger partial charge on any atom is -0.467 e. The quantitative estimate of drug-likeness (QED) is 0.699. The topological polar surface area (TPSA) is 83.4 Å². The van der Waals surface area contributed by atoms with Gasteiger partial charge in [-0.3, -0.25) is 4.79 Å². The molecule has 1 atom stereocenters. The van der Waals surface area contributed by atoms with Gasteiger partial charge in [0.2, 0.25) is 5.91 Å².